The van der Waals surface area contributed by atoms with Crippen LogP contribution in [0.3, 0.4) is 0 Å². The SMILES string of the molecule is CN(C)Cc1cc(NC(=O)NCc2cccc3c2OCC3)ccn1. The highest BCUT2D eigenvalue weighted by Crippen LogP contribution is 2.29. The van der Waals surface area contributed by atoms with Gasteiger partial charge in [0.05, 0.1) is 12.3 Å². The first-order chi connectivity index (χ1) is 11.6. The second-order valence-electron chi connectivity index (χ2n) is 6.09. The predicted octanol–water partition coefficient (Wildman–Crippen LogP) is 2.40. The molecule has 1 aromatic heterocycles. The van der Waals surface area contributed by atoms with Gasteiger partial charge < -0.3 is 20.3 Å². The van der Waals surface area contributed by atoms with E-state index in [4.69, 9.17) is 4.74 Å². The van der Waals surface area contributed by atoms with Gasteiger partial charge in [0.2, 0.25) is 0 Å². The van der Waals surface area contributed by atoms with Crippen molar-refractivity contribution in [2.75, 3.05) is 26.0 Å². The normalized spacial score (nSPS) is 12.6. The molecule has 0 aliphatic carbocycles. The van der Waals surface area contributed by atoms with Crippen LogP contribution in [-0.2, 0) is 19.5 Å². The van der Waals surface area contributed by atoms with Crippen LogP contribution in [0, 0.1) is 0 Å². The number of carbonyl (C=O) groups excluding carboxylic acids is 1. The number of carbonyl (C=O) groups is 1. The van der Waals surface area contributed by atoms with Crippen molar-refractivity contribution in [2.24, 2.45) is 0 Å². The lowest BCUT2D eigenvalue weighted by Crippen LogP contribution is -2.28. The molecule has 126 valence electrons. The summed E-state index contributed by atoms with van der Waals surface area (Å²) in [6, 6.07) is 9.46. The Morgan fingerprint density at radius 1 is 1.33 bits per heavy atom. The maximum atomic E-state index is 12.1. The highest BCUT2D eigenvalue weighted by Gasteiger charge is 2.16. The largest absolute Gasteiger partial charge is 0.493 e. The van der Waals surface area contributed by atoms with E-state index >= 15 is 0 Å². The molecule has 6 nitrogen and oxygen atoms in total. The quantitative estimate of drug-likeness (QED) is 0.885. The van der Waals surface area contributed by atoms with E-state index in [9.17, 15) is 4.79 Å². The number of hydrogen-bond acceptors (Lipinski definition) is 4. The number of aromatic nitrogens is 1. The zero-order valence-corrected chi connectivity index (χ0v) is 14.0. The van der Waals surface area contributed by atoms with Gasteiger partial charge in [0.15, 0.2) is 0 Å². The van der Waals surface area contributed by atoms with E-state index in [1.54, 1.807) is 12.3 Å². The average Bonchev–Trinajstić information content (AvgIpc) is 3.01. The Hall–Kier alpha value is -2.60. The maximum Gasteiger partial charge on any atom is 0.319 e. The summed E-state index contributed by atoms with van der Waals surface area (Å²) in [7, 11) is 3.96. The van der Waals surface area contributed by atoms with Gasteiger partial charge in [0.25, 0.3) is 0 Å². The second-order valence-corrected chi connectivity index (χ2v) is 6.09. The monoisotopic (exact) mass is 326 g/mol. The first-order valence-electron chi connectivity index (χ1n) is 8.00. The molecule has 2 N–H and O–H groups in total. The van der Waals surface area contributed by atoms with Crippen molar-refractivity contribution in [2.45, 2.75) is 19.5 Å². The van der Waals surface area contributed by atoms with Crippen LogP contribution in [0.4, 0.5) is 10.5 Å². The van der Waals surface area contributed by atoms with E-state index in [1.165, 1.54) is 5.56 Å². The number of fused-ring (bicyclic) bond motifs is 1. The molecule has 3 rings (SSSR count). The first kappa shape index (κ1) is 16.3. The number of anilines is 1. The van der Waals surface area contributed by atoms with Crippen LogP contribution in [0.25, 0.3) is 0 Å². The molecule has 6 heteroatoms. The molecular weight excluding hydrogens is 304 g/mol. The molecule has 1 aromatic carbocycles. The van der Waals surface area contributed by atoms with Gasteiger partial charge in [0.1, 0.15) is 5.75 Å². The van der Waals surface area contributed by atoms with Gasteiger partial charge in [0, 0.05) is 37.0 Å². The van der Waals surface area contributed by atoms with Crippen LogP contribution in [0.1, 0.15) is 16.8 Å². The summed E-state index contributed by atoms with van der Waals surface area (Å²) >= 11 is 0. The molecule has 0 spiro atoms. The van der Waals surface area contributed by atoms with E-state index in [-0.39, 0.29) is 6.03 Å². The van der Waals surface area contributed by atoms with Gasteiger partial charge >= 0.3 is 6.03 Å². The molecule has 0 saturated heterocycles. The third kappa shape index (κ3) is 4.02. The minimum Gasteiger partial charge on any atom is -0.493 e. The van der Waals surface area contributed by atoms with Gasteiger partial charge in [-0.05, 0) is 31.8 Å². The summed E-state index contributed by atoms with van der Waals surface area (Å²) in [5.41, 5.74) is 3.85. The molecule has 2 heterocycles. The van der Waals surface area contributed by atoms with Crippen molar-refractivity contribution < 1.29 is 9.53 Å². The van der Waals surface area contributed by atoms with Crippen molar-refractivity contribution in [1.82, 2.24) is 15.2 Å². The number of para-hydroxylation sites is 1. The van der Waals surface area contributed by atoms with Gasteiger partial charge in [-0.3, -0.25) is 4.98 Å². The number of nitrogens with one attached hydrogen (secondary N) is 2. The number of ether oxygens (including phenoxy) is 1. The summed E-state index contributed by atoms with van der Waals surface area (Å²) in [6.07, 6.45) is 2.63. The number of amides is 2. The third-order valence-corrected chi connectivity index (χ3v) is 3.79. The lowest BCUT2D eigenvalue weighted by Gasteiger charge is -2.12. The highest BCUT2D eigenvalue weighted by atomic mass is 16.5. The van der Waals surface area contributed by atoms with Crippen LogP contribution in [0.15, 0.2) is 36.5 Å². The molecular formula is C18H22N4O2. The number of benzene rings is 1. The molecule has 2 amide bonds. The standard InChI is InChI=1S/C18H22N4O2/c1-22(2)12-16-10-15(6-8-19-16)21-18(23)20-11-14-5-3-4-13-7-9-24-17(13)14/h3-6,8,10H,7,9,11-12H2,1-2H3,(H2,19,20,21,23). The zero-order valence-electron chi connectivity index (χ0n) is 14.0. The summed E-state index contributed by atoms with van der Waals surface area (Å²) < 4.78 is 5.65. The van der Waals surface area contributed by atoms with Gasteiger partial charge in [-0.1, -0.05) is 18.2 Å². The fourth-order valence-corrected chi connectivity index (χ4v) is 2.74. The predicted molar refractivity (Wildman–Crippen MR) is 93.1 cm³/mol. The maximum absolute atomic E-state index is 12.1. The number of nitrogens with zero attached hydrogens (tertiary/aromatic N) is 2. The molecule has 2 aromatic rings. The van der Waals surface area contributed by atoms with E-state index in [1.807, 2.05) is 37.2 Å². The van der Waals surface area contributed by atoms with Crippen molar-refractivity contribution >= 4 is 11.7 Å². The van der Waals surface area contributed by atoms with Gasteiger partial charge in [-0.2, -0.15) is 0 Å². The molecule has 0 bridgehead atoms. The molecule has 0 fully saturated rings. The molecule has 0 unspecified atom stereocenters. The second kappa shape index (κ2) is 7.31. The Balaban J connectivity index is 1.58. The Bertz CT molecular complexity index is 731. The minimum atomic E-state index is -0.243. The van der Waals surface area contributed by atoms with Crippen LogP contribution in [-0.4, -0.2) is 36.6 Å². The topological polar surface area (TPSA) is 66.5 Å². The average molecular weight is 326 g/mol. The number of urea groups is 1. The smallest absolute Gasteiger partial charge is 0.319 e. The lowest BCUT2D eigenvalue weighted by molar-refractivity contribution is 0.251. The van der Waals surface area contributed by atoms with Crippen molar-refractivity contribution in [3.8, 4) is 5.75 Å². The molecule has 24 heavy (non-hydrogen) atoms. The van der Waals surface area contributed by atoms with Crippen molar-refractivity contribution in [3.05, 3.63) is 53.3 Å². The molecule has 1 aliphatic heterocycles. The number of hydrogen-bond donors (Lipinski definition) is 2. The van der Waals surface area contributed by atoms with Crippen molar-refractivity contribution in [3.63, 3.8) is 0 Å². The summed E-state index contributed by atoms with van der Waals surface area (Å²) in [5.74, 6) is 0.912. The third-order valence-electron chi connectivity index (χ3n) is 3.79. The number of pyridine rings is 1. The Labute approximate surface area is 141 Å². The minimum absolute atomic E-state index is 0.243. The first-order valence-corrected chi connectivity index (χ1v) is 8.00. The highest BCUT2D eigenvalue weighted by molar-refractivity contribution is 5.89. The lowest BCUT2D eigenvalue weighted by atomic mass is 10.1. The Morgan fingerprint density at radius 3 is 3.04 bits per heavy atom. The summed E-state index contributed by atoms with van der Waals surface area (Å²) in [6.45, 7) is 1.87. The van der Waals surface area contributed by atoms with Crippen LogP contribution in [0.5, 0.6) is 5.75 Å². The van der Waals surface area contributed by atoms with Crippen LogP contribution in [0.2, 0.25) is 0 Å². The summed E-state index contributed by atoms with van der Waals surface area (Å²) in [5, 5.41) is 5.72. The molecule has 0 radical (unpaired) electrons. The van der Waals surface area contributed by atoms with Crippen LogP contribution >= 0.6 is 0 Å². The molecule has 0 saturated carbocycles. The fourth-order valence-electron chi connectivity index (χ4n) is 2.74. The summed E-state index contributed by atoms with van der Waals surface area (Å²) in [4.78, 5) is 18.4. The zero-order chi connectivity index (χ0) is 16.9. The van der Waals surface area contributed by atoms with Gasteiger partial charge in [-0.15, -0.1) is 0 Å². The Morgan fingerprint density at radius 2 is 2.21 bits per heavy atom. The van der Waals surface area contributed by atoms with E-state index in [0.29, 0.717) is 13.2 Å². The van der Waals surface area contributed by atoms with E-state index in [0.717, 1.165) is 35.7 Å². The molecule has 1 aliphatic rings. The Kier molecular flexibility index (Phi) is 4.96. The molecule has 0 atom stereocenters. The van der Waals surface area contributed by atoms with Crippen molar-refractivity contribution in [1.29, 1.82) is 0 Å². The van der Waals surface area contributed by atoms with Crippen LogP contribution < -0.4 is 15.4 Å². The van der Waals surface area contributed by atoms with Gasteiger partial charge in [-0.25, -0.2) is 4.79 Å². The van der Waals surface area contributed by atoms with E-state index < -0.39 is 0 Å². The van der Waals surface area contributed by atoms with E-state index in [2.05, 4.69) is 21.7 Å². The fraction of sp³-hybridized carbons (Fsp3) is 0.333. The number of rotatable bonds is 5.